The summed E-state index contributed by atoms with van der Waals surface area (Å²) in [5, 5.41) is 20.8. The smallest absolute Gasteiger partial charge is 0.270 e. The maximum absolute atomic E-state index is 12.5. The molecule has 0 aromatic carbocycles. The van der Waals surface area contributed by atoms with Gasteiger partial charge in [-0.3, -0.25) is 4.79 Å². The molecule has 23 heavy (non-hydrogen) atoms. The molecule has 3 aromatic rings. The van der Waals surface area contributed by atoms with Crippen molar-refractivity contribution in [2.45, 2.75) is 25.8 Å². The highest BCUT2D eigenvalue weighted by atomic mass is 16.2. The van der Waals surface area contributed by atoms with Gasteiger partial charge in [0.15, 0.2) is 11.6 Å². The molecule has 3 heterocycles. The SMILES string of the molecule is CCCC(NC(=O)c1cccc(-n2cccn2)n1)c1nn[nH]n1. The lowest BCUT2D eigenvalue weighted by atomic mass is 10.1. The number of nitrogens with zero attached hydrogens (tertiary/aromatic N) is 6. The fraction of sp³-hybridized carbons (Fsp3) is 0.286. The van der Waals surface area contributed by atoms with Crippen LogP contribution in [0.15, 0.2) is 36.7 Å². The highest BCUT2D eigenvalue weighted by Gasteiger charge is 2.19. The molecule has 9 nitrogen and oxygen atoms in total. The van der Waals surface area contributed by atoms with E-state index in [0.717, 1.165) is 6.42 Å². The Balaban J connectivity index is 1.78. The van der Waals surface area contributed by atoms with Crippen LogP contribution in [0.3, 0.4) is 0 Å². The molecule has 3 aromatic heterocycles. The Bertz CT molecular complexity index is 753. The molecule has 2 N–H and O–H groups in total. The number of aromatic amines is 1. The number of carbonyl (C=O) groups excluding carboxylic acids is 1. The van der Waals surface area contributed by atoms with E-state index in [4.69, 9.17) is 0 Å². The average Bonchev–Trinajstić information content (AvgIpc) is 3.28. The van der Waals surface area contributed by atoms with Crippen molar-refractivity contribution in [1.82, 2.24) is 40.7 Å². The topological polar surface area (TPSA) is 114 Å². The summed E-state index contributed by atoms with van der Waals surface area (Å²) in [4.78, 5) is 16.8. The van der Waals surface area contributed by atoms with Crippen molar-refractivity contribution in [3.05, 3.63) is 48.2 Å². The number of hydrogen-bond acceptors (Lipinski definition) is 6. The van der Waals surface area contributed by atoms with E-state index < -0.39 is 0 Å². The number of carbonyl (C=O) groups is 1. The van der Waals surface area contributed by atoms with Gasteiger partial charge in [0.1, 0.15) is 5.69 Å². The van der Waals surface area contributed by atoms with E-state index in [1.54, 1.807) is 41.3 Å². The normalized spacial score (nSPS) is 12.0. The Kier molecular flexibility index (Phi) is 4.37. The quantitative estimate of drug-likeness (QED) is 0.703. The summed E-state index contributed by atoms with van der Waals surface area (Å²) in [6.45, 7) is 2.02. The van der Waals surface area contributed by atoms with Crippen molar-refractivity contribution in [1.29, 1.82) is 0 Å². The Hall–Kier alpha value is -3.10. The minimum Gasteiger partial charge on any atom is -0.341 e. The minimum absolute atomic E-state index is 0.290. The molecule has 0 aliphatic carbocycles. The summed E-state index contributed by atoms with van der Waals surface area (Å²) in [5.41, 5.74) is 0.308. The first-order valence-electron chi connectivity index (χ1n) is 7.29. The molecule has 9 heteroatoms. The van der Waals surface area contributed by atoms with Crippen molar-refractivity contribution in [3.63, 3.8) is 0 Å². The molecule has 0 fully saturated rings. The molecule has 1 unspecified atom stereocenters. The monoisotopic (exact) mass is 312 g/mol. The first-order chi connectivity index (χ1) is 11.3. The van der Waals surface area contributed by atoms with E-state index in [-0.39, 0.29) is 11.9 Å². The van der Waals surface area contributed by atoms with E-state index >= 15 is 0 Å². The van der Waals surface area contributed by atoms with Crippen molar-refractivity contribution in [2.75, 3.05) is 0 Å². The molecule has 0 aliphatic rings. The first-order valence-corrected chi connectivity index (χ1v) is 7.29. The second-order valence-corrected chi connectivity index (χ2v) is 4.92. The highest BCUT2D eigenvalue weighted by molar-refractivity contribution is 5.92. The van der Waals surface area contributed by atoms with Crippen molar-refractivity contribution < 1.29 is 4.79 Å². The molecular weight excluding hydrogens is 296 g/mol. The lowest BCUT2D eigenvalue weighted by Crippen LogP contribution is -2.30. The number of pyridine rings is 1. The van der Waals surface area contributed by atoms with Gasteiger partial charge in [-0.05, 0) is 24.6 Å². The molecular formula is C14H16N8O. The van der Waals surface area contributed by atoms with Crippen LogP contribution in [-0.4, -0.2) is 41.3 Å². The number of aromatic nitrogens is 7. The molecule has 0 saturated carbocycles. The van der Waals surface area contributed by atoms with Crippen LogP contribution in [0.2, 0.25) is 0 Å². The summed E-state index contributed by atoms with van der Waals surface area (Å²) < 4.78 is 1.60. The van der Waals surface area contributed by atoms with Crippen LogP contribution in [0.5, 0.6) is 0 Å². The van der Waals surface area contributed by atoms with Crippen LogP contribution >= 0.6 is 0 Å². The van der Waals surface area contributed by atoms with Crippen molar-refractivity contribution in [2.24, 2.45) is 0 Å². The zero-order chi connectivity index (χ0) is 16.1. The zero-order valence-electron chi connectivity index (χ0n) is 12.5. The fourth-order valence-electron chi connectivity index (χ4n) is 2.19. The predicted octanol–water partition coefficient (Wildman–Crippen LogP) is 1.05. The second-order valence-electron chi connectivity index (χ2n) is 4.92. The van der Waals surface area contributed by atoms with Crippen LogP contribution in [0, 0.1) is 0 Å². The van der Waals surface area contributed by atoms with E-state index in [0.29, 0.717) is 23.8 Å². The maximum Gasteiger partial charge on any atom is 0.270 e. The van der Waals surface area contributed by atoms with Gasteiger partial charge in [-0.2, -0.15) is 10.3 Å². The van der Waals surface area contributed by atoms with Crippen molar-refractivity contribution >= 4 is 5.91 Å². The minimum atomic E-state index is -0.304. The molecule has 0 aliphatic heterocycles. The Morgan fingerprint density at radius 2 is 2.30 bits per heavy atom. The van der Waals surface area contributed by atoms with Crippen LogP contribution < -0.4 is 5.32 Å². The molecule has 1 amide bonds. The lowest BCUT2D eigenvalue weighted by Gasteiger charge is -2.14. The maximum atomic E-state index is 12.5. The number of nitrogens with one attached hydrogen (secondary N) is 2. The van der Waals surface area contributed by atoms with E-state index in [1.807, 2.05) is 6.92 Å². The molecule has 0 bridgehead atoms. The average molecular weight is 312 g/mol. The summed E-state index contributed by atoms with van der Waals surface area (Å²) in [6, 6.07) is 6.69. The Morgan fingerprint density at radius 3 is 3.00 bits per heavy atom. The number of rotatable bonds is 6. The van der Waals surface area contributed by atoms with Gasteiger partial charge in [-0.25, -0.2) is 9.67 Å². The number of amides is 1. The zero-order valence-corrected chi connectivity index (χ0v) is 12.5. The van der Waals surface area contributed by atoms with Gasteiger partial charge >= 0.3 is 0 Å². The van der Waals surface area contributed by atoms with Crippen LogP contribution in [0.1, 0.15) is 42.1 Å². The van der Waals surface area contributed by atoms with E-state index in [2.05, 4.69) is 36.0 Å². The Labute approximate surface area is 132 Å². The van der Waals surface area contributed by atoms with Crippen LogP contribution in [0.4, 0.5) is 0 Å². The summed E-state index contributed by atoms with van der Waals surface area (Å²) in [5.74, 6) is 0.750. The summed E-state index contributed by atoms with van der Waals surface area (Å²) in [7, 11) is 0. The van der Waals surface area contributed by atoms with Gasteiger partial charge in [0.2, 0.25) is 0 Å². The molecule has 118 valence electrons. The number of H-pyrrole nitrogens is 1. The van der Waals surface area contributed by atoms with Gasteiger partial charge in [0.05, 0.1) is 6.04 Å². The third-order valence-corrected chi connectivity index (χ3v) is 3.26. The second kappa shape index (κ2) is 6.77. The van der Waals surface area contributed by atoms with Gasteiger partial charge < -0.3 is 5.32 Å². The first kappa shape index (κ1) is 14.8. The molecule has 0 spiro atoms. The van der Waals surface area contributed by atoms with Crippen LogP contribution in [-0.2, 0) is 0 Å². The third kappa shape index (κ3) is 3.39. The Morgan fingerprint density at radius 1 is 1.39 bits per heavy atom. The van der Waals surface area contributed by atoms with Gasteiger partial charge in [-0.1, -0.05) is 24.6 Å². The van der Waals surface area contributed by atoms with E-state index in [1.165, 1.54) is 0 Å². The van der Waals surface area contributed by atoms with Gasteiger partial charge in [-0.15, -0.1) is 10.2 Å². The molecule has 1 atom stereocenters. The molecule has 0 saturated heterocycles. The number of hydrogen-bond donors (Lipinski definition) is 2. The number of tetrazole rings is 1. The molecule has 0 radical (unpaired) electrons. The van der Waals surface area contributed by atoms with Crippen LogP contribution in [0.25, 0.3) is 5.82 Å². The fourth-order valence-corrected chi connectivity index (χ4v) is 2.19. The summed E-state index contributed by atoms with van der Waals surface area (Å²) >= 11 is 0. The van der Waals surface area contributed by atoms with Gasteiger partial charge in [0.25, 0.3) is 5.91 Å². The van der Waals surface area contributed by atoms with Crippen molar-refractivity contribution in [3.8, 4) is 5.82 Å². The largest absolute Gasteiger partial charge is 0.341 e. The summed E-state index contributed by atoms with van der Waals surface area (Å²) in [6.07, 6.45) is 5.01. The molecule has 3 rings (SSSR count). The third-order valence-electron chi connectivity index (χ3n) is 3.26. The van der Waals surface area contributed by atoms with Gasteiger partial charge in [0, 0.05) is 12.4 Å². The standard InChI is InChI=1S/C14H16N8O/c1-2-5-10(13-18-20-21-19-13)17-14(23)11-6-3-7-12(16-11)22-9-4-8-15-22/h3-4,6-10H,2,5H2,1H3,(H,17,23)(H,18,19,20,21). The predicted molar refractivity (Wildman–Crippen MR) is 80.7 cm³/mol. The highest BCUT2D eigenvalue weighted by Crippen LogP contribution is 2.14. The van der Waals surface area contributed by atoms with E-state index in [9.17, 15) is 4.79 Å². The lowest BCUT2D eigenvalue weighted by molar-refractivity contribution is 0.0927.